The standard InChI is InChI=1S/C30H48N2O5/c1-2-3-4-5-6-7-8-9-10-11-12-13-14-17-28(34)32-22-15-16-27(32)29(35)31-26(30(36)37)23-24-18-20-25(33)21-19-24/h18-21,26-27,33H,2-17,22-23H2,1H3,(H,31,35)(H,36,37)/t26?,27-/m0/s1. The third kappa shape index (κ3) is 12.0. The third-order valence-electron chi connectivity index (χ3n) is 7.36. The number of carbonyl (C=O) groups excluding carboxylic acids is 2. The molecule has 0 aliphatic carbocycles. The molecule has 37 heavy (non-hydrogen) atoms. The summed E-state index contributed by atoms with van der Waals surface area (Å²) in [6.45, 7) is 2.80. The second-order valence-corrected chi connectivity index (χ2v) is 10.5. The molecule has 1 unspecified atom stereocenters. The van der Waals surface area contributed by atoms with Crippen molar-refractivity contribution in [1.29, 1.82) is 0 Å². The number of amides is 2. The van der Waals surface area contributed by atoms with E-state index in [2.05, 4.69) is 12.2 Å². The second kappa shape index (κ2) is 17.8. The number of likely N-dealkylation sites (tertiary alicyclic amines) is 1. The van der Waals surface area contributed by atoms with Crippen LogP contribution in [0.2, 0.25) is 0 Å². The van der Waals surface area contributed by atoms with E-state index in [0.29, 0.717) is 24.9 Å². The predicted octanol–water partition coefficient (Wildman–Crippen LogP) is 5.98. The van der Waals surface area contributed by atoms with Gasteiger partial charge in [0.1, 0.15) is 17.8 Å². The number of unbranched alkanes of at least 4 members (excludes halogenated alkanes) is 12. The lowest BCUT2D eigenvalue weighted by atomic mass is 10.0. The molecule has 208 valence electrons. The molecular weight excluding hydrogens is 468 g/mol. The zero-order chi connectivity index (χ0) is 26.9. The van der Waals surface area contributed by atoms with Gasteiger partial charge in [-0.1, -0.05) is 96.1 Å². The van der Waals surface area contributed by atoms with Crippen LogP contribution in [-0.2, 0) is 20.8 Å². The molecular formula is C30H48N2O5. The van der Waals surface area contributed by atoms with Crippen LogP contribution in [0.5, 0.6) is 5.75 Å². The molecule has 1 aromatic rings. The summed E-state index contributed by atoms with van der Waals surface area (Å²) < 4.78 is 0. The summed E-state index contributed by atoms with van der Waals surface area (Å²) in [7, 11) is 0. The Hall–Kier alpha value is -2.57. The van der Waals surface area contributed by atoms with Crippen molar-refractivity contribution < 1.29 is 24.6 Å². The van der Waals surface area contributed by atoms with Crippen molar-refractivity contribution in [2.24, 2.45) is 0 Å². The smallest absolute Gasteiger partial charge is 0.326 e. The molecule has 3 N–H and O–H groups in total. The minimum absolute atomic E-state index is 0.00821. The fourth-order valence-electron chi connectivity index (χ4n) is 5.11. The Morgan fingerprint density at radius 1 is 0.892 bits per heavy atom. The van der Waals surface area contributed by atoms with E-state index >= 15 is 0 Å². The van der Waals surface area contributed by atoms with Crippen molar-refractivity contribution in [3.05, 3.63) is 29.8 Å². The van der Waals surface area contributed by atoms with Crippen molar-refractivity contribution in [3.8, 4) is 5.75 Å². The summed E-state index contributed by atoms with van der Waals surface area (Å²) in [5.74, 6) is -1.43. The van der Waals surface area contributed by atoms with E-state index in [4.69, 9.17) is 0 Å². The van der Waals surface area contributed by atoms with Crippen LogP contribution in [0.1, 0.15) is 115 Å². The van der Waals surface area contributed by atoms with Crippen molar-refractivity contribution in [2.45, 2.75) is 128 Å². The summed E-state index contributed by atoms with van der Waals surface area (Å²) in [5.41, 5.74) is 0.701. The van der Waals surface area contributed by atoms with Crippen LogP contribution >= 0.6 is 0 Å². The van der Waals surface area contributed by atoms with E-state index in [-0.39, 0.29) is 18.1 Å². The van der Waals surface area contributed by atoms with Crippen LogP contribution in [0, 0.1) is 0 Å². The number of rotatable bonds is 19. The SMILES string of the molecule is CCCCCCCCCCCCCCCC(=O)N1CCC[C@H]1C(=O)NC(Cc1ccc(O)cc1)C(=O)O. The van der Waals surface area contributed by atoms with Crippen molar-refractivity contribution in [3.63, 3.8) is 0 Å². The number of aliphatic carboxylic acids is 1. The monoisotopic (exact) mass is 516 g/mol. The number of aromatic hydroxyl groups is 1. The molecule has 0 aromatic heterocycles. The van der Waals surface area contributed by atoms with Gasteiger partial charge in [0.25, 0.3) is 0 Å². The number of carbonyl (C=O) groups is 3. The van der Waals surface area contributed by atoms with Crippen LogP contribution in [0.4, 0.5) is 0 Å². The number of nitrogens with one attached hydrogen (secondary N) is 1. The van der Waals surface area contributed by atoms with Gasteiger partial charge in [-0.2, -0.15) is 0 Å². The molecule has 1 heterocycles. The Morgan fingerprint density at radius 2 is 1.43 bits per heavy atom. The third-order valence-corrected chi connectivity index (χ3v) is 7.36. The van der Waals surface area contributed by atoms with Gasteiger partial charge in [-0.3, -0.25) is 9.59 Å². The average molecular weight is 517 g/mol. The molecule has 7 nitrogen and oxygen atoms in total. The maximum absolute atomic E-state index is 12.9. The van der Waals surface area contributed by atoms with Gasteiger partial charge in [-0.15, -0.1) is 0 Å². The van der Waals surface area contributed by atoms with Gasteiger partial charge in [0.2, 0.25) is 11.8 Å². The Bertz CT molecular complexity index is 811. The highest BCUT2D eigenvalue weighted by molar-refractivity contribution is 5.91. The van der Waals surface area contributed by atoms with Crippen LogP contribution in [0.25, 0.3) is 0 Å². The van der Waals surface area contributed by atoms with Crippen LogP contribution in [-0.4, -0.2) is 51.5 Å². The highest BCUT2D eigenvalue weighted by atomic mass is 16.4. The first-order valence-corrected chi connectivity index (χ1v) is 14.5. The molecule has 1 aliphatic rings. The number of hydrogen-bond acceptors (Lipinski definition) is 4. The number of phenols is 1. The Kier molecular flexibility index (Phi) is 14.8. The number of carboxylic acid groups (broad SMARTS) is 1. The lowest BCUT2D eigenvalue weighted by molar-refractivity contribution is -0.143. The largest absolute Gasteiger partial charge is 0.508 e. The molecule has 1 aliphatic heterocycles. The molecule has 7 heteroatoms. The van der Waals surface area contributed by atoms with E-state index in [9.17, 15) is 24.6 Å². The minimum atomic E-state index is -1.12. The fourth-order valence-corrected chi connectivity index (χ4v) is 5.11. The minimum Gasteiger partial charge on any atom is -0.508 e. The normalized spacial score (nSPS) is 16.0. The van der Waals surface area contributed by atoms with E-state index in [1.165, 1.54) is 76.3 Å². The zero-order valence-corrected chi connectivity index (χ0v) is 22.8. The van der Waals surface area contributed by atoms with Gasteiger partial charge in [0, 0.05) is 19.4 Å². The molecule has 0 radical (unpaired) electrons. The molecule has 0 saturated carbocycles. The molecule has 0 spiro atoms. The van der Waals surface area contributed by atoms with E-state index in [1.54, 1.807) is 17.0 Å². The molecule has 2 atom stereocenters. The molecule has 1 aromatic carbocycles. The quantitative estimate of drug-likeness (QED) is 0.196. The first-order chi connectivity index (χ1) is 17.9. The topological polar surface area (TPSA) is 107 Å². The first-order valence-electron chi connectivity index (χ1n) is 14.5. The van der Waals surface area contributed by atoms with E-state index in [0.717, 1.165) is 25.7 Å². The summed E-state index contributed by atoms with van der Waals surface area (Å²) >= 11 is 0. The molecule has 0 bridgehead atoms. The number of phenolic OH excluding ortho intramolecular Hbond substituents is 1. The van der Waals surface area contributed by atoms with E-state index in [1.807, 2.05) is 0 Å². The number of benzene rings is 1. The highest BCUT2D eigenvalue weighted by Crippen LogP contribution is 2.21. The predicted molar refractivity (Wildman–Crippen MR) is 146 cm³/mol. The van der Waals surface area contributed by atoms with Crippen molar-refractivity contribution in [2.75, 3.05) is 6.54 Å². The lowest BCUT2D eigenvalue weighted by Crippen LogP contribution is -2.51. The first kappa shape index (κ1) is 30.7. The van der Waals surface area contributed by atoms with Gasteiger partial charge >= 0.3 is 5.97 Å². The number of nitrogens with zero attached hydrogens (tertiary/aromatic N) is 1. The maximum atomic E-state index is 12.9. The van der Waals surface area contributed by atoms with Gasteiger partial charge in [0.05, 0.1) is 0 Å². The molecule has 2 rings (SSSR count). The second-order valence-electron chi connectivity index (χ2n) is 10.5. The Labute approximate surface area is 223 Å². The van der Waals surface area contributed by atoms with Gasteiger partial charge in [0.15, 0.2) is 0 Å². The summed E-state index contributed by atoms with van der Waals surface area (Å²) in [5, 5.41) is 21.6. The zero-order valence-electron chi connectivity index (χ0n) is 22.8. The van der Waals surface area contributed by atoms with Crippen molar-refractivity contribution in [1.82, 2.24) is 10.2 Å². The van der Waals surface area contributed by atoms with Crippen LogP contribution in [0.15, 0.2) is 24.3 Å². The fraction of sp³-hybridized carbons (Fsp3) is 0.700. The van der Waals surface area contributed by atoms with Gasteiger partial charge in [-0.05, 0) is 37.0 Å². The number of carboxylic acids is 1. The number of hydrogen-bond donors (Lipinski definition) is 3. The molecule has 2 amide bonds. The average Bonchev–Trinajstić information content (AvgIpc) is 3.38. The van der Waals surface area contributed by atoms with Crippen LogP contribution in [0.3, 0.4) is 0 Å². The van der Waals surface area contributed by atoms with E-state index < -0.39 is 24.0 Å². The van der Waals surface area contributed by atoms with Gasteiger partial charge in [-0.25, -0.2) is 4.79 Å². The van der Waals surface area contributed by atoms with Crippen LogP contribution < -0.4 is 5.32 Å². The maximum Gasteiger partial charge on any atom is 0.326 e. The molecule has 1 fully saturated rings. The Balaban J connectivity index is 1.63. The lowest BCUT2D eigenvalue weighted by Gasteiger charge is -2.25. The Morgan fingerprint density at radius 3 is 1.97 bits per heavy atom. The highest BCUT2D eigenvalue weighted by Gasteiger charge is 2.35. The van der Waals surface area contributed by atoms with Crippen molar-refractivity contribution >= 4 is 17.8 Å². The summed E-state index contributed by atoms with van der Waals surface area (Å²) in [4.78, 5) is 39.1. The van der Waals surface area contributed by atoms with Gasteiger partial charge < -0.3 is 20.4 Å². The summed E-state index contributed by atoms with van der Waals surface area (Å²) in [6, 6.07) is 4.57. The molecule has 1 saturated heterocycles. The summed E-state index contributed by atoms with van der Waals surface area (Å²) in [6.07, 6.45) is 18.1.